The number of rotatable bonds is 2. The van der Waals surface area contributed by atoms with Gasteiger partial charge in [0.2, 0.25) is 0 Å². The van der Waals surface area contributed by atoms with E-state index in [0.29, 0.717) is 5.69 Å². The Hall–Kier alpha value is -1.96. The van der Waals surface area contributed by atoms with Crippen LogP contribution in [0.5, 0.6) is 0 Å². The van der Waals surface area contributed by atoms with Gasteiger partial charge in [0.1, 0.15) is 0 Å². The van der Waals surface area contributed by atoms with Crippen LogP contribution in [0.3, 0.4) is 0 Å². The third kappa shape index (κ3) is 2.41. The summed E-state index contributed by atoms with van der Waals surface area (Å²) < 4.78 is 0. The Morgan fingerprint density at radius 1 is 1.45 bits per heavy atom. The molecule has 0 unspecified atom stereocenters. The second kappa shape index (κ2) is 3.95. The van der Waals surface area contributed by atoms with Crippen LogP contribution in [-0.4, -0.2) is 4.98 Å². The van der Waals surface area contributed by atoms with Crippen LogP contribution in [0.15, 0.2) is 34.9 Å². The minimum absolute atomic E-state index is 0.655. The second-order valence-electron chi connectivity index (χ2n) is 1.63. The summed E-state index contributed by atoms with van der Waals surface area (Å²) >= 11 is 0. The third-order valence-electron chi connectivity index (χ3n) is 0.928. The molecule has 11 heavy (non-hydrogen) atoms. The predicted molar refractivity (Wildman–Crippen MR) is 37.5 cm³/mol. The largest absolute Gasteiger partial charge is 0.265 e. The molecular formula is C6H5N5. The normalized spacial score (nSPS) is 9.36. The van der Waals surface area contributed by atoms with Crippen molar-refractivity contribution in [1.82, 2.24) is 10.4 Å². The predicted octanol–water partition coefficient (Wildman–Crippen LogP) is 1.15. The van der Waals surface area contributed by atoms with Crippen LogP contribution in [-0.2, 0) is 0 Å². The topological polar surface area (TPSA) is 73.4 Å². The SMILES string of the molecule is N#CNN=Nc1ccncc1. The van der Waals surface area contributed by atoms with Crippen LogP contribution in [0.4, 0.5) is 5.69 Å². The maximum absolute atomic E-state index is 8.02. The van der Waals surface area contributed by atoms with Crippen LogP contribution in [0.25, 0.3) is 0 Å². The summed E-state index contributed by atoms with van der Waals surface area (Å²) in [6.45, 7) is 0. The summed E-state index contributed by atoms with van der Waals surface area (Å²) in [5, 5.41) is 15.0. The molecule has 1 N–H and O–H groups in total. The number of pyridine rings is 1. The van der Waals surface area contributed by atoms with Crippen molar-refractivity contribution in [2.45, 2.75) is 0 Å². The standard InChI is InChI=1S/C6H5N5/c7-5-9-11-10-6-1-3-8-4-2-6/h1-4H,(H,8,9,10). The van der Waals surface area contributed by atoms with Gasteiger partial charge in [-0.25, -0.2) is 0 Å². The molecule has 0 fully saturated rings. The van der Waals surface area contributed by atoms with Crippen molar-refractivity contribution in [3.63, 3.8) is 0 Å². The number of nitrogens with one attached hydrogen (secondary N) is 1. The first-order chi connectivity index (χ1) is 5.43. The Labute approximate surface area is 63.4 Å². The van der Waals surface area contributed by atoms with Crippen molar-refractivity contribution in [2.24, 2.45) is 10.3 Å². The number of hydrogen-bond acceptors (Lipinski definition) is 4. The van der Waals surface area contributed by atoms with Crippen LogP contribution in [0.1, 0.15) is 0 Å². The van der Waals surface area contributed by atoms with E-state index >= 15 is 0 Å². The van der Waals surface area contributed by atoms with E-state index < -0.39 is 0 Å². The Morgan fingerprint density at radius 3 is 2.82 bits per heavy atom. The molecule has 0 saturated heterocycles. The van der Waals surface area contributed by atoms with E-state index in [2.05, 4.69) is 15.3 Å². The summed E-state index contributed by atoms with van der Waals surface area (Å²) in [5.41, 5.74) is 2.70. The van der Waals surface area contributed by atoms with Gasteiger partial charge in [-0.15, -0.1) is 5.11 Å². The van der Waals surface area contributed by atoms with Crippen molar-refractivity contribution < 1.29 is 0 Å². The molecule has 1 rings (SSSR count). The Kier molecular flexibility index (Phi) is 2.57. The highest BCUT2D eigenvalue weighted by atomic mass is 15.4. The van der Waals surface area contributed by atoms with Crippen molar-refractivity contribution >= 4 is 5.69 Å². The summed E-state index contributed by atoms with van der Waals surface area (Å²) in [4.78, 5) is 3.79. The number of hydrogen-bond donors (Lipinski definition) is 1. The van der Waals surface area contributed by atoms with E-state index in [-0.39, 0.29) is 0 Å². The number of aromatic nitrogens is 1. The summed E-state index contributed by atoms with van der Waals surface area (Å²) in [6.07, 6.45) is 4.81. The Morgan fingerprint density at radius 2 is 2.18 bits per heavy atom. The highest BCUT2D eigenvalue weighted by Crippen LogP contribution is 2.07. The van der Waals surface area contributed by atoms with Crippen LogP contribution in [0.2, 0.25) is 0 Å². The highest BCUT2D eigenvalue weighted by molar-refractivity contribution is 5.32. The molecule has 0 aliphatic carbocycles. The molecule has 0 radical (unpaired) electrons. The van der Waals surface area contributed by atoms with Gasteiger partial charge in [-0.3, -0.25) is 4.98 Å². The first-order valence-electron chi connectivity index (χ1n) is 2.88. The van der Waals surface area contributed by atoms with E-state index in [1.807, 2.05) is 5.43 Å². The molecular weight excluding hydrogens is 142 g/mol. The third-order valence-corrected chi connectivity index (χ3v) is 0.928. The van der Waals surface area contributed by atoms with Crippen LogP contribution in [0, 0.1) is 11.5 Å². The quantitative estimate of drug-likeness (QED) is 0.295. The first-order valence-corrected chi connectivity index (χ1v) is 2.88. The van der Waals surface area contributed by atoms with Gasteiger partial charge in [0, 0.05) is 12.4 Å². The van der Waals surface area contributed by atoms with Crippen LogP contribution >= 0.6 is 0 Å². The fourth-order valence-electron chi connectivity index (χ4n) is 0.516. The Bertz CT molecular complexity index is 273. The maximum Gasteiger partial charge on any atom is 0.200 e. The zero-order chi connectivity index (χ0) is 7.94. The fraction of sp³-hybridized carbons (Fsp3) is 0. The maximum atomic E-state index is 8.02. The molecule has 0 spiro atoms. The number of nitriles is 1. The van der Waals surface area contributed by atoms with Crippen molar-refractivity contribution in [3.05, 3.63) is 24.5 Å². The van der Waals surface area contributed by atoms with Gasteiger partial charge < -0.3 is 0 Å². The lowest BCUT2D eigenvalue weighted by Crippen LogP contribution is -1.88. The zero-order valence-corrected chi connectivity index (χ0v) is 5.60. The van der Waals surface area contributed by atoms with Crippen LogP contribution < -0.4 is 5.43 Å². The molecule has 5 nitrogen and oxygen atoms in total. The fourth-order valence-corrected chi connectivity index (χ4v) is 0.516. The highest BCUT2D eigenvalue weighted by Gasteiger charge is 1.82. The number of nitrogens with zero attached hydrogens (tertiary/aromatic N) is 4. The van der Waals surface area contributed by atoms with Gasteiger partial charge in [0.15, 0.2) is 6.19 Å². The molecule has 0 saturated carbocycles. The van der Waals surface area contributed by atoms with Gasteiger partial charge in [0.25, 0.3) is 0 Å². The van der Waals surface area contributed by atoms with Crippen molar-refractivity contribution in [3.8, 4) is 6.19 Å². The molecule has 0 aliphatic rings. The molecule has 0 aromatic carbocycles. The van der Waals surface area contributed by atoms with E-state index in [9.17, 15) is 0 Å². The first kappa shape index (κ1) is 7.15. The minimum atomic E-state index is 0.655. The van der Waals surface area contributed by atoms with Gasteiger partial charge in [-0.05, 0) is 12.1 Å². The van der Waals surface area contributed by atoms with Crippen molar-refractivity contribution in [1.29, 1.82) is 5.26 Å². The summed E-state index contributed by atoms with van der Waals surface area (Å²) in [7, 11) is 0. The lowest BCUT2D eigenvalue weighted by molar-refractivity contribution is 0.886. The molecule has 54 valence electrons. The molecule has 1 aromatic rings. The molecule has 0 amide bonds. The average Bonchev–Trinajstić information content (AvgIpc) is 2.07. The van der Waals surface area contributed by atoms with E-state index in [4.69, 9.17) is 5.26 Å². The van der Waals surface area contributed by atoms with Gasteiger partial charge in [-0.2, -0.15) is 10.7 Å². The Balaban J connectivity index is 2.59. The molecule has 1 heterocycles. The monoisotopic (exact) mass is 147 g/mol. The van der Waals surface area contributed by atoms with Crippen molar-refractivity contribution in [2.75, 3.05) is 0 Å². The van der Waals surface area contributed by atoms with E-state index in [0.717, 1.165) is 0 Å². The van der Waals surface area contributed by atoms with Gasteiger partial charge >= 0.3 is 0 Å². The average molecular weight is 147 g/mol. The minimum Gasteiger partial charge on any atom is -0.265 e. The van der Waals surface area contributed by atoms with E-state index in [1.54, 1.807) is 30.7 Å². The lowest BCUT2D eigenvalue weighted by atomic mass is 10.4. The molecule has 0 aliphatic heterocycles. The smallest absolute Gasteiger partial charge is 0.200 e. The van der Waals surface area contributed by atoms with Gasteiger partial charge in [0.05, 0.1) is 5.69 Å². The molecule has 1 aromatic heterocycles. The summed E-state index contributed by atoms with van der Waals surface area (Å²) in [5.74, 6) is 0. The molecule has 5 heteroatoms. The summed E-state index contributed by atoms with van der Waals surface area (Å²) in [6, 6.07) is 3.37. The second-order valence-corrected chi connectivity index (χ2v) is 1.63. The molecule has 0 atom stereocenters. The zero-order valence-electron chi connectivity index (χ0n) is 5.60. The lowest BCUT2D eigenvalue weighted by Gasteiger charge is -1.86. The van der Waals surface area contributed by atoms with E-state index in [1.165, 1.54) is 0 Å². The van der Waals surface area contributed by atoms with Gasteiger partial charge in [-0.1, -0.05) is 5.22 Å². The molecule has 0 bridgehead atoms.